The van der Waals surface area contributed by atoms with E-state index in [2.05, 4.69) is 48.1 Å². The van der Waals surface area contributed by atoms with Crippen LogP contribution in [0.1, 0.15) is 37.7 Å². The van der Waals surface area contributed by atoms with Crippen molar-refractivity contribution in [2.24, 2.45) is 7.05 Å². The lowest BCUT2D eigenvalue weighted by atomic mass is 9.87. The largest absolute Gasteiger partial charge is 0.350 e. The molecule has 0 saturated carbocycles. The lowest BCUT2D eigenvalue weighted by Crippen LogP contribution is -2.29. The maximum absolute atomic E-state index is 12.0. The molecule has 1 aromatic carbocycles. The van der Waals surface area contributed by atoms with E-state index < -0.39 is 0 Å². The number of anilines is 1. The van der Waals surface area contributed by atoms with Crippen molar-refractivity contribution in [2.75, 3.05) is 5.32 Å². The standard InChI is InChI=1S/C18H25N3O/c1-13-6-11-16(21(13)5)12-19-17(22)20-15-9-7-14(8-10-15)18(2,3)4/h6-11H,12H2,1-5H3,(H2,19,20,22). The van der Waals surface area contributed by atoms with E-state index in [4.69, 9.17) is 0 Å². The first kappa shape index (κ1) is 16.1. The molecule has 2 N–H and O–H groups in total. The second-order valence-corrected chi connectivity index (χ2v) is 6.66. The SMILES string of the molecule is Cc1ccc(CNC(=O)Nc2ccc(C(C)(C)C)cc2)n1C. The van der Waals surface area contributed by atoms with Gasteiger partial charge in [0.2, 0.25) is 0 Å². The Kier molecular flexibility index (Phi) is 4.59. The molecule has 2 rings (SSSR count). The van der Waals surface area contributed by atoms with E-state index >= 15 is 0 Å². The number of amides is 2. The number of nitrogens with zero attached hydrogens (tertiary/aromatic N) is 1. The normalized spacial score (nSPS) is 11.3. The fraction of sp³-hybridized carbons (Fsp3) is 0.389. The molecule has 1 aromatic heterocycles. The Balaban J connectivity index is 1.91. The van der Waals surface area contributed by atoms with Crippen LogP contribution in [0, 0.1) is 6.92 Å². The molecule has 0 aliphatic heterocycles. The third-order valence-corrected chi connectivity index (χ3v) is 3.92. The second kappa shape index (κ2) is 6.26. The summed E-state index contributed by atoms with van der Waals surface area (Å²) in [7, 11) is 2.00. The molecular formula is C18H25N3O. The molecule has 22 heavy (non-hydrogen) atoms. The van der Waals surface area contributed by atoms with Crippen molar-refractivity contribution in [3.8, 4) is 0 Å². The Bertz CT molecular complexity index is 648. The molecule has 4 nitrogen and oxygen atoms in total. The molecule has 0 aliphatic carbocycles. The van der Waals surface area contributed by atoms with Gasteiger partial charge in [0.1, 0.15) is 0 Å². The van der Waals surface area contributed by atoms with Crippen LogP contribution < -0.4 is 10.6 Å². The minimum atomic E-state index is -0.192. The number of aryl methyl sites for hydroxylation is 1. The molecular weight excluding hydrogens is 274 g/mol. The summed E-state index contributed by atoms with van der Waals surface area (Å²) in [4.78, 5) is 12.0. The zero-order chi connectivity index (χ0) is 16.3. The summed E-state index contributed by atoms with van der Waals surface area (Å²) in [5.74, 6) is 0. The number of benzene rings is 1. The summed E-state index contributed by atoms with van der Waals surface area (Å²) in [6.07, 6.45) is 0. The van der Waals surface area contributed by atoms with Crippen molar-refractivity contribution < 1.29 is 4.79 Å². The molecule has 0 atom stereocenters. The van der Waals surface area contributed by atoms with E-state index in [0.717, 1.165) is 11.4 Å². The van der Waals surface area contributed by atoms with E-state index in [1.165, 1.54) is 11.3 Å². The lowest BCUT2D eigenvalue weighted by Gasteiger charge is -2.19. The average molecular weight is 299 g/mol. The van der Waals surface area contributed by atoms with Crippen molar-refractivity contribution in [1.29, 1.82) is 0 Å². The average Bonchev–Trinajstić information content (AvgIpc) is 2.76. The van der Waals surface area contributed by atoms with E-state index in [1.54, 1.807) is 0 Å². The highest BCUT2D eigenvalue weighted by atomic mass is 16.2. The molecule has 4 heteroatoms. The molecule has 0 fully saturated rings. The predicted octanol–water partition coefficient (Wildman–Crippen LogP) is 3.95. The van der Waals surface area contributed by atoms with Gasteiger partial charge >= 0.3 is 6.03 Å². The molecule has 0 saturated heterocycles. The fourth-order valence-electron chi connectivity index (χ4n) is 2.24. The van der Waals surface area contributed by atoms with Crippen LogP contribution in [-0.2, 0) is 19.0 Å². The van der Waals surface area contributed by atoms with Gasteiger partial charge in [-0.15, -0.1) is 0 Å². The molecule has 2 amide bonds. The Hall–Kier alpha value is -2.23. The van der Waals surface area contributed by atoms with E-state index in [9.17, 15) is 4.79 Å². The number of carbonyl (C=O) groups excluding carboxylic acids is 1. The summed E-state index contributed by atoms with van der Waals surface area (Å²) in [6, 6.07) is 11.8. The molecule has 0 radical (unpaired) electrons. The third kappa shape index (κ3) is 3.91. The quantitative estimate of drug-likeness (QED) is 0.885. The zero-order valence-electron chi connectivity index (χ0n) is 14.0. The van der Waals surface area contributed by atoms with E-state index in [1.807, 2.05) is 38.2 Å². The topological polar surface area (TPSA) is 46.1 Å². The first-order valence-electron chi connectivity index (χ1n) is 7.54. The van der Waals surface area contributed by atoms with Crippen LogP contribution in [0.5, 0.6) is 0 Å². The van der Waals surface area contributed by atoms with Crippen LogP contribution in [-0.4, -0.2) is 10.6 Å². The summed E-state index contributed by atoms with van der Waals surface area (Å²) in [5.41, 5.74) is 4.42. The summed E-state index contributed by atoms with van der Waals surface area (Å²) in [6.45, 7) is 9.06. The van der Waals surface area contributed by atoms with Gasteiger partial charge in [0, 0.05) is 24.1 Å². The van der Waals surface area contributed by atoms with Crippen LogP contribution in [0.4, 0.5) is 10.5 Å². The number of urea groups is 1. The fourth-order valence-corrected chi connectivity index (χ4v) is 2.24. The molecule has 2 aromatic rings. The van der Waals surface area contributed by atoms with Crippen LogP contribution >= 0.6 is 0 Å². The summed E-state index contributed by atoms with van der Waals surface area (Å²) < 4.78 is 2.07. The predicted molar refractivity (Wildman–Crippen MR) is 91.2 cm³/mol. The van der Waals surface area contributed by atoms with Gasteiger partial charge in [-0.05, 0) is 42.2 Å². The van der Waals surface area contributed by atoms with Crippen LogP contribution in [0.25, 0.3) is 0 Å². The number of hydrogen-bond acceptors (Lipinski definition) is 1. The number of nitrogens with one attached hydrogen (secondary N) is 2. The summed E-state index contributed by atoms with van der Waals surface area (Å²) >= 11 is 0. The second-order valence-electron chi connectivity index (χ2n) is 6.66. The molecule has 0 aliphatic rings. The Labute approximate surface area is 132 Å². The molecule has 0 unspecified atom stereocenters. The number of carbonyl (C=O) groups is 1. The first-order valence-corrected chi connectivity index (χ1v) is 7.54. The molecule has 118 valence electrons. The maximum Gasteiger partial charge on any atom is 0.319 e. The van der Waals surface area contributed by atoms with E-state index in [0.29, 0.717) is 6.54 Å². The Morgan fingerprint density at radius 2 is 1.73 bits per heavy atom. The van der Waals surface area contributed by atoms with Crippen LogP contribution in [0.2, 0.25) is 0 Å². The minimum Gasteiger partial charge on any atom is -0.350 e. The van der Waals surface area contributed by atoms with Crippen molar-refractivity contribution in [2.45, 2.75) is 39.7 Å². The van der Waals surface area contributed by atoms with Gasteiger partial charge in [-0.1, -0.05) is 32.9 Å². The van der Waals surface area contributed by atoms with Gasteiger partial charge in [0.05, 0.1) is 6.54 Å². The van der Waals surface area contributed by atoms with Gasteiger partial charge in [-0.25, -0.2) is 4.79 Å². The molecule has 1 heterocycles. The van der Waals surface area contributed by atoms with Gasteiger partial charge in [-0.2, -0.15) is 0 Å². The smallest absolute Gasteiger partial charge is 0.319 e. The van der Waals surface area contributed by atoms with Crippen LogP contribution in [0.3, 0.4) is 0 Å². The molecule has 0 bridgehead atoms. The number of aromatic nitrogens is 1. The lowest BCUT2D eigenvalue weighted by molar-refractivity contribution is 0.251. The highest BCUT2D eigenvalue weighted by Crippen LogP contribution is 2.23. The van der Waals surface area contributed by atoms with Crippen molar-refractivity contribution in [3.63, 3.8) is 0 Å². The highest BCUT2D eigenvalue weighted by molar-refractivity contribution is 5.89. The van der Waals surface area contributed by atoms with E-state index in [-0.39, 0.29) is 11.4 Å². The molecule has 0 spiro atoms. The third-order valence-electron chi connectivity index (χ3n) is 3.92. The first-order chi connectivity index (χ1) is 10.3. The minimum absolute atomic E-state index is 0.116. The van der Waals surface area contributed by atoms with Crippen molar-refractivity contribution in [3.05, 3.63) is 53.3 Å². The van der Waals surface area contributed by atoms with Gasteiger partial charge in [0.15, 0.2) is 0 Å². The maximum atomic E-state index is 12.0. The zero-order valence-corrected chi connectivity index (χ0v) is 14.0. The number of rotatable bonds is 3. The van der Waals surface area contributed by atoms with Gasteiger partial charge in [-0.3, -0.25) is 0 Å². The van der Waals surface area contributed by atoms with Gasteiger partial charge in [0.25, 0.3) is 0 Å². The Morgan fingerprint density at radius 3 is 2.23 bits per heavy atom. The van der Waals surface area contributed by atoms with Crippen molar-refractivity contribution >= 4 is 11.7 Å². The van der Waals surface area contributed by atoms with Crippen LogP contribution in [0.15, 0.2) is 36.4 Å². The van der Waals surface area contributed by atoms with Gasteiger partial charge < -0.3 is 15.2 Å². The summed E-state index contributed by atoms with van der Waals surface area (Å²) in [5, 5.41) is 5.73. The Morgan fingerprint density at radius 1 is 1.09 bits per heavy atom. The van der Waals surface area contributed by atoms with Crippen molar-refractivity contribution in [1.82, 2.24) is 9.88 Å². The monoisotopic (exact) mass is 299 g/mol. The number of hydrogen-bond donors (Lipinski definition) is 2. The highest BCUT2D eigenvalue weighted by Gasteiger charge is 2.13.